The van der Waals surface area contributed by atoms with Gasteiger partial charge in [-0.1, -0.05) is 25.4 Å². The summed E-state index contributed by atoms with van der Waals surface area (Å²) in [6, 6.07) is 6.09. The van der Waals surface area contributed by atoms with Crippen molar-refractivity contribution in [1.82, 2.24) is 0 Å². The van der Waals surface area contributed by atoms with Crippen LogP contribution in [0.2, 0.25) is 5.02 Å². The van der Waals surface area contributed by atoms with Gasteiger partial charge in [-0.15, -0.1) is 0 Å². The molecule has 1 nitrogen and oxygen atoms in total. The van der Waals surface area contributed by atoms with E-state index in [-0.39, 0.29) is 5.41 Å². The molecule has 0 aromatic heterocycles. The van der Waals surface area contributed by atoms with Gasteiger partial charge in [-0.05, 0) is 30.2 Å². The predicted molar refractivity (Wildman–Crippen MR) is 57.6 cm³/mol. The van der Waals surface area contributed by atoms with Crippen molar-refractivity contribution in [2.45, 2.75) is 25.7 Å². The Bertz CT molecular complexity index is 335. The average molecular weight is 196 g/mol. The zero-order valence-electron chi connectivity index (χ0n) is 8.02. The van der Waals surface area contributed by atoms with E-state index in [1.54, 1.807) is 0 Å². The summed E-state index contributed by atoms with van der Waals surface area (Å²) in [6.07, 6.45) is 1.15. The predicted octanol–water partition coefficient (Wildman–Crippen LogP) is 3.43. The van der Waals surface area contributed by atoms with Crippen LogP contribution >= 0.6 is 11.6 Å². The van der Waals surface area contributed by atoms with Crippen molar-refractivity contribution in [2.75, 3.05) is 11.9 Å². The van der Waals surface area contributed by atoms with E-state index in [1.807, 2.05) is 6.07 Å². The van der Waals surface area contributed by atoms with Crippen molar-refractivity contribution >= 4 is 17.3 Å². The molecule has 0 spiro atoms. The lowest BCUT2D eigenvalue weighted by Gasteiger charge is -2.21. The van der Waals surface area contributed by atoms with E-state index >= 15 is 0 Å². The Morgan fingerprint density at radius 2 is 2.31 bits per heavy atom. The molecule has 0 unspecified atom stereocenters. The van der Waals surface area contributed by atoms with E-state index in [0.29, 0.717) is 0 Å². The number of anilines is 1. The zero-order valence-corrected chi connectivity index (χ0v) is 8.78. The molecule has 1 aromatic rings. The number of fused-ring (bicyclic) bond motifs is 1. The highest BCUT2D eigenvalue weighted by Crippen LogP contribution is 2.39. The average Bonchev–Trinajstić information content (AvgIpc) is 2.45. The van der Waals surface area contributed by atoms with Gasteiger partial charge in [-0.2, -0.15) is 0 Å². The number of rotatable bonds is 1. The summed E-state index contributed by atoms with van der Waals surface area (Å²) in [7, 11) is 0. The van der Waals surface area contributed by atoms with Gasteiger partial charge in [0.15, 0.2) is 0 Å². The van der Waals surface area contributed by atoms with Gasteiger partial charge in [-0.25, -0.2) is 0 Å². The number of nitrogens with one attached hydrogen (secondary N) is 1. The number of halogens is 1. The first-order valence-corrected chi connectivity index (χ1v) is 5.07. The van der Waals surface area contributed by atoms with Crippen LogP contribution in [0.4, 0.5) is 5.69 Å². The van der Waals surface area contributed by atoms with E-state index in [9.17, 15) is 0 Å². The van der Waals surface area contributed by atoms with Crippen LogP contribution in [-0.4, -0.2) is 6.54 Å². The molecule has 2 rings (SSSR count). The highest BCUT2D eigenvalue weighted by Gasteiger charge is 2.32. The minimum atomic E-state index is 0.264. The summed E-state index contributed by atoms with van der Waals surface area (Å²) in [5.41, 5.74) is 2.87. The summed E-state index contributed by atoms with van der Waals surface area (Å²) >= 11 is 5.98. The SMILES string of the molecule is CC[C@]1(C)CNc2ccc(Cl)cc21. The van der Waals surface area contributed by atoms with Crippen LogP contribution in [0.5, 0.6) is 0 Å². The lowest BCUT2D eigenvalue weighted by molar-refractivity contribution is 0.504. The molecule has 0 saturated carbocycles. The van der Waals surface area contributed by atoms with Crippen molar-refractivity contribution < 1.29 is 0 Å². The Kier molecular flexibility index (Phi) is 1.99. The van der Waals surface area contributed by atoms with Gasteiger partial charge in [0.1, 0.15) is 0 Å². The topological polar surface area (TPSA) is 12.0 Å². The summed E-state index contributed by atoms with van der Waals surface area (Å²) in [5.74, 6) is 0. The van der Waals surface area contributed by atoms with Gasteiger partial charge >= 0.3 is 0 Å². The minimum absolute atomic E-state index is 0.264. The molecule has 0 fully saturated rings. The highest BCUT2D eigenvalue weighted by atomic mass is 35.5. The fourth-order valence-electron chi connectivity index (χ4n) is 1.87. The maximum Gasteiger partial charge on any atom is 0.0410 e. The van der Waals surface area contributed by atoms with Crippen LogP contribution in [0.3, 0.4) is 0 Å². The molecular weight excluding hydrogens is 182 g/mol. The second-order valence-corrected chi connectivity index (χ2v) is 4.39. The van der Waals surface area contributed by atoms with Crippen molar-refractivity contribution in [3.8, 4) is 0 Å². The van der Waals surface area contributed by atoms with Gasteiger partial charge in [0.2, 0.25) is 0 Å². The molecule has 0 aliphatic carbocycles. The third kappa shape index (κ3) is 1.31. The van der Waals surface area contributed by atoms with Crippen molar-refractivity contribution in [3.63, 3.8) is 0 Å². The molecule has 13 heavy (non-hydrogen) atoms. The molecule has 0 saturated heterocycles. The molecule has 1 aliphatic rings. The lowest BCUT2D eigenvalue weighted by atomic mass is 9.82. The van der Waals surface area contributed by atoms with Gasteiger partial charge in [0.05, 0.1) is 0 Å². The minimum Gasteiger partial charge on any atom is -0.384 e. The van der Waals surface area contributed by atoms with Crippen LogP contribution in [0.25, 0.3) is 0 Å². The monoisotopic (exact) mass is 195 g/mol. The van der Waals surface area contributed by atoms with Gasteiger partial charge in [-0.3, -0.25) is 0 Å². The Hall–Kier alpha value is -0.690. The zero-order chi connectivity index (χ0) is 9.47. The normalized spacial score (nSPS) is 25.5. The Labute approximate surface area is 84.1 Å². The second-order valence-electron chi connectivity index (χ2n) is 3.96. The van der Waals surface area contributed by atoms with Crippen LogP contribution < -0.4 is 5.32 Å². The third-order valence-electron chi connectivity index (χ3n) is 3.08. The maximum absolute atomic E-state index is 5.98. The molecule has 1 atom stereocenters. The smallest absolute Gasteiger partial charge is 0.0410 e. The molecule has 1 aromatic carbocycles. The summed E-state index contributed by atoms with van der Waals surface area (Å²) in [4.78, 5) is 0. The quantitative estimate of drug-likeness (QED) is 0.724. The molecule has 0 bridgehead atoms. The summed E-state index contributed by atoms with van der Waals surface area (Å²) in [6.45, 7) is 5.53. The number of hydrogen-bond donors (Lipinski definition) is 1. The van der Waals surface area contributed by atoms with Crippen LogP contribution in [0, 0.1) is 0 Å². The fraction of sp³-hybridized carbons (Fsp3) is 0.455. The molecule has 1 aliphatic heterocycles. The second kappa shape index (κ2) is 2.91. The first kappa shape index (κ1) is 8.89. The molecule has 0 amide bonds. The van der Waals surface area contributed by atoms with Crippen molar-refractivity contribution in [2.24, 2.45) is 0 Å². The van der Waals surface area contributed by atoms with E-state index in [1.165, 1.54) is 11.3 Å². The van der Waals surface area contributed by atoms with Crippen LogP contribution in [0.1, 0.15) is 25.8 Å². The van der Waals surface area contributed by atoms with Crippen molar-refractivity contribution in [1.29, 1.82) is 0 Å². The molecule has 70 valence electrons. The largest absolute Gasteiger partial charge is 0.384 e. The summed E-state index contributed by atoms with van der Waals surface area (Å²) < 4.78 is 0. The molecule has 0 radical (unpaired) electrons. The maximum atomic E-state index is 5.98. The van der Waals surface area contributed by atoms with E-state index in [0.717, 1.165) is 18.0 Å². The molecule has 2 heteroatoms. The first-order chi connectivity index (χ1) is 6.15. The Morgan fingerprint density at radius 3 is 3.00 bits per heavy atom. The first-order valence-electron chi connectivity index (χ1n) is 4.69. The number of benzene rings is 1. The van der Waals surface area contributed by atoms with Gasteiger partial charge in [0, 0.05) is 22.7 Å². The molecule has 1 heterocycles. The fourth-order valence-corrected chi connectivity index (χ4v) is 2.04. The van der Waals surface area contributed by atoms with Gasteiger partial charge < -0.3 is 5.32 Å². The summed E-state index contributed by atoms with van der Waals surface area (Å²) in [5, 5.41) is 4.25. The van der Waals surface area contributed by atoms with E-state index in [2.05, 4.69) is 31.3 Å². The van der Waals surface area contributed by atoms with Crippen molar-refractivity contribution in [3.05, 3.63) is 28.8 Å². The van der Waals surface area contributed by atoms with E-state index < -0.39 is 0 Å². The Morgan fingerprint density at radius 1 is 1.54 bits per heavy atom. The van der Waals surface area contributed by atoms with E-state index in [4.69, 9.17) is 11.6 Å². The third-order valence-corrected chi connectivity index (χ3v) is 3.32. The van der Waals surface area contributed by atoms with Gasteiger partial charge in [0.25, 0.3) is 0 Å². The standard InChI is InChI=1S/C11H14ClN/c1-3-11(2)7-13-10-5-4-8(12)6-9(10)11/h4-6,13H,3,7H2,1-2H3/t11-/m1/s1. The Balaban J connectivity index is 2.52. The van der Waals surface area contributed by atoms with Crippen LogP contribution in [0.15, 0.2) is 18.2 Å². The van der Waals surface area contributed by atoms with Crippen LogP contribution in [-0.2, 0) is 5.41 Å². The lowest BCUT2D eigenvalue weighted by Crippen LogP contribution is -2.22. The highest BCUT2D eigenvalue weighted by molar-refractivity contribution is 6.30. The molecular formula is C11H14ClN. The number of hydrogen-bond acceptors (Lipinski definition) is 1. The molecule has 1 N–H and O–H groups in total.